The second kappa shape index (κ2) is 7.98. The van der Waals surface area contributed by atoms with Gasteiger partial charge in [-0.1, -0.05) is 25.0 Å². The lowest BCUT2D eigenvalue weighted by Gasteiger charge is -2.37. The third kappa shape index (κ3) is 3.87. The molecule has 0 bridgehead atoms. The Balaban J connectivity index is 1.35. The highest BCUT2D eigenvalue weighted by Gasteiger charge is 2.49. The number of amides is 2. The van der Waals surface area contributed by atoms with Crippen LogP contribution in [0.25, 0.3) is 0 Å². The van der Waals surface area contributed by atoms with Crippen LogP contribution in [0.3, 0.4) is 0 Å². The van der Waals surface area contributed by atoms with E-state index in [0.717, 1.165) is 56.4 Å². The molecular weight excluding hydrogens is 342 g/mol. The Morgan fingerprint density at radius 3 is 3.00 bits per heavy atom. The Morgan fingerprint density at radius 2 is 2.15 bits per heavy atom. The molecule has 146 valence electrons. The zero-order chi connectivity index (χ0) is 18.7. The van der Waals surface area contributed by atoms with Gasteiger partial charge in [0.1, 0.15) is 6.10 Å². The lowest BCUT2D eigenvalue weighted by atomic mass is 9.67. The SMILES string of the molecule is O=C(Nc1cccc(CNC(=O)[C@@]23CCCC[C@H]2CNC3)c1)C1CCCO1. The van der Waals surface area contributed by atoms with Crippen LogP contribution < -0.4 is 16.0 Å². The van der Waals surface area contributed by atoms with Crippen LogP contribution in [0.5, 0.6) is 0 Å². The van der Waals surface area contributed by atoms with Crippen LogP contribution >= 0.6 is 0 Å². The van der Waals surface area contributed by atoms with Gasteiger partial charge >= 0.3 is 0 Å². The monoisotopic (exact) mass is 371 g/mol. The summed E-state index contributed by atoms with van der Waals surface area (Å²) in [7, 11) is 0. The van der Waals surface area contributed by atoms with Crippen LogP contribution in [0.4, 0.5) is 5.69 Å². The Labute approximate surface area is 160 Å². The fraction of sp³-hybridized carbons (Fsp3) is 0.619. The number of hydrogen-bond acceptors (Lipinski definition) is 4. The van der Waals surface area contributed by atoms with Crippen molar-refractivity contribution < 1.29 is 14.3 Å². The van der Waals surface area contributed by atoms with E-state index in [0.29, 0.717) is 19.1 Å². The minimum Gasteiger partial charge on any atom is -0.368 e. The van der Waals surface area contributed by atoms with Crippen LogP contribution in [-0.2, 0) is 20.9 Å². The number of ether oxygens (including phenoxy) is 1. The van der Waals surface area contributed by atoms with E-state index in [9.17, 15) is 9.59 Å². The van der Waals surface area contributed by atoms with Crippen molar-refractivity contribution in [2.24, 2.45) is 11.3 Å². The molecular formula is C21H29N3O3. The van der Waals surface area contributed by atoms with E-state index in [1.807, 2.05) is 24.3 Å². The van der Waals surface area contributed by atoms with Crippen molar-refractivity contribution in [3.05, 3.63) is 29.8 Å². The zero-order valence-corrected chi connectivity index (χ0v) is 15.8. The number of rotatable bonds is 5. The van der Waals surface area contributed by atoms with Gasteiger partial charge in [0, 0.05) is 25.4 Å². The van der Waals surface area contributed by atoms with E-state index < -0.39 is 0 Å². The van der Waals surface area contributed by atoms with Gasteiger partial charge in [0.15, 0.2) is 0 Å². The topological polar surface area (TPSA) is 79.5 Å². The summed E-state index contributed by atoms with van der Waals surface area (Å²) in [5.74, 6) is 0.545. The minimum atomic E-state index is -0.342. The molecule has 2 saturated heterocycles. The molecule has 0 spiro atoms. The van der Waals surface area contributed by atoms with E-state index in [1.54, 1.807) is 0 Å². The molecule has 6 heteroatoms. The Hall–Kier alpha value is -1.92. The third-order valence-corrected chi connectivity index (χ3v) is 6.36. The summed E-state index contributed by atoms with van der Waals surface area (Å²) in [5.41, 5.74) is 1.51. The summed E-state index contributed by atoms with van der Waals surface area (Å²) in [5, 5.41) is 9.50. The fourth-order valence-corrected chi connectivity index (χ4v) is 4.82. The summed E-state index contributed by atoms with van der Waals surface area (Å²) in [6.45, 7) is 2.89. The molecule has 4 rings (SSSR count). The van der Waals surface area contributed by atoms with Gasteiger partial charge in [0.05, 0.1) is 5.41 Å². The first-order chi connectivity index (χ1) is 13.2. The van der Waals surface area contributed by atoms with E-state index in [1.165, 1.54) is 6.42 Å². The number of nitrogens with one attached hydrogen (secondary N) is 3. The fourth-order valence-electron chi connectivity index (χ4n) is 4.82. The summed E-state index contributed by atoms with van der Waals surface area (Å²) in [4.78, 5) is 25.2. The molecule has 1 aromatic rings. The average Bonchev–Trinajstić information content (AvgIpc) is 3.36. The molecule has 3 N–H and O–H groups in total. The van der Waals surface area contributed by atoms with Gasteiger partial charge in [0.2, 0.25) is 5.91 Å². The molecule has 2 heterocycles. The van der Waals surface area contributed by atoms with Crippen LogP contribution in [0.1, 0.15) is 44.1 Å². The Bertz CT molecular complexity index is 702. The highest BCUT2D eigenvalue weighted by molar-refractivity contribution is 5.94. The number of carbonyl (C=O) groups is 2. The lowest BCUT2D eigenvalue weighted by molar-refractivity contribution is -0.134. The lowest BCUT2D eigenvalue weighted by Crippen LogP contribution is -2.47. The second-order valence-electron chi connectivity index (χ2n) is 8.10. The van der Waals surface area contributed by atoms with Crippen molar-refractivity contribution in [1.29, 1.82) is 0 Å². The summed E-state index contributed by atoms with van der Waals surface area (Å²) in [6, 6.07) is 7.68. The predicted molar refractivity (Wildman–Crippen MR) is 103 cm³/mol. The first kappa shape index (κ1) is 18.4. The van der Waals surface area contributed by atoms with E-state index in [4.69, 9.17) is 4.74 Å². The molecule has 1 saturated carbocycles. The van der Waals surface area contributed by atoms with Gasteiger partial charge in [-0.25, -0.2) is 0 Å². The summed E-state index contributed by atoms with van der Waals surface area (Å²) < 4.78 is 5.43. The number of anilines is 1. The number of hydrogen-bond donors (Lipinski definition) is 3. The number of carbonyl (C=O) groups excluding carboxylic acids is 2. The average molecular weight is 371 g/mol. The first-order valence-electron chi connectivity index (χ1n) is 10.2. The number of fused-ring (bicyclic) bond motifs is 1. The highest BCUT2D eigenvalue weighted by atomic mass is 16.5. The molecule has 2 aliphatic heterocycles. The first-order valence-corrected chi connectivity index (χ1v) is 10.2. The quantitative estimate of drug-likeness (QED) is 0.741. The summed E-state index contributed by atoms with van der Waals surface area (Å²) >= 11 is 0. The van der Waals surface area contributed by atoms with Crippen LogP contribution in [0.2, 0.25) is 0 Å². The van der Waals surface area contributed by atoms with Gasteiger partial charge in [0.25, 0.3) is 5.91 Å². The number of benzene rings is 1. The maximum absolute atomic E-state index is 13.0. The van der Waals surface area contributed by atoms with Crippen LogP contribution in [0.15, 0.2) is 24.3 Å². The smallest absolute Gasteiger partial charge is 0.253 e. The molecule has 3 aliphatic rings. The zero-order valence-electron chi connectivity index (χ0n) is 15.8. The largest absolute Gasteiger partial charge is 0.368 e. The molecule has 3 fully saturated rings. The third-order valence-electron chi connectivity index (χ3n) is 6.36. The molecule has 3 atom stereocenters. The highest BCUT2D eigenvalue weighted by Crippen LogP contribution is 2.43. The second-order valence-corrected chi connectivity index (χ2v) is 8.10. The molecule has 1 aliphatic carbocycles. The minimum absolute atomic E-state index is 0.0883. The maximum Gasteiger partial charge on any atom is 0.253 e. The van der Waals surface area contributed by atoms with Crippen molar-refractivity contribution in [1.82, 2.24) is 10.6 Å². The van der Waals surface area contributed by atoms with Crippen LogP contribution in [-0.4, -0.2) is 37.6 Å². The molecule has 1 aromatic carbocycles. The van der Waals surface area contributed by atoms with Crippen molar-refractivity contribution >= 4 is 17.5 Å². The normalized spacial score (nSPS) is 29.9. The van der Waals surface area contributed by atoms with Crippen LogP contribution in [0, 0.1) is 11.3 Å². The van der Waals surface area contributed by atoms with Crippen molar-refractivity contribution in [3.63, 3.8) is 0 Å². The maximum atomic E-state index is 13.0. The predicted octanol–water partition coefficient (Wildman–Crippen LogP) is 2.20. The van der Waals surface area contributed by atoms with Gasteiger partial charge in [-0.05, 0) is 55.8 Å². The molecule has 2 amide bonds. The molecule has 6 nitrogen and oxygen atoms in total. The summed E-state index contributed by atoms with van der Waals surface area (Å²) in [6.07, 6.45) is 5.86. The Kier molecular flexibility index (Phi) is 5.45. The van der Waals surface area contributed by atoms with E-state index >= 15 is 0 Å². The van der Waals surface area contributed by atoms with Crippen molar-refractivity contribution in [2.45, 2.75) is 51.2 Å². The van der Waals surface area contributed by atoms with Crippen molar-refractivity contribution in [3.8, 4) is 0 Å². The van der Waals surface area contributed by atoms with Gasteiger partial charge < -0.3 is 20.7 Å². The standard InChI is InChI=1S/C21H29N3O3/c25-19(18-8-4-10-27-18)24-17-7-3-5-15(11-17)12-23-20(26)21-9-2-1-6-16(21)13-22-14-21/h3,5,7,11,16,18,22H,1-2,4,6,8-10,12-14H2,(H,23,26)(H,24,25)/t16-,18?,21+/m0/s1. The van der Waals surface area contributed by atoms with E-state index in [-0.39, 0.29) is 23.3 Å². The van der Waals surface area contributed by atoms with Crippen molar-refractivity contribution in [2.75, 3.05) is 25.0 Å². The van der Waals surface area contributed by atoms with Gasteiger partial charge in [-0.3, -0.25) is 9.59 Å². The molecule has 0 radical (unpaired) electrons. The van der Waals surface area contributed by atoms with E-state index in [2.05, 4.69) is 16.0 Å². The molecule has 0 aromatic heterocycles. The molecule has 27 heavy (non-hydrogen) atoms. The van der Waals surface area contributed by atoms with Gasteiger partial charge in [-0.2, -0.15) is 0 Å². The molecule has 1 unspecified atom stereocenters. The Morgan fingerprint density at radius 1 is 1.22 bits per heavy atom. The van der Waals surface area contributed by atoms with Gasteiger partial charge in [-0.15, -0.1) is 0 Å².